The first-order valence-electron chi connectivity index (χ1n) is 6.79. The molecule has 0 spiro atoms. The van der Waals surface area contributed by atoms with Crippen LogP contribution >= 0.6 is 0 Å². The second-order valence-electron chi connectivity index (χ2n) is 5.23. The summed E-state index contributed by atoms with van der Waals surface area (Å²) in [5.74, 6) is 0. The third-order valence-corrected chi connectivity index (χ3v) is 3.93. The molecule has 2 heterocycles. The molecule has 3 rings (SSSR count). The van der Waals surface area contributed by atoms with E-state index in [9.17, 15) is 15.0 Å². The van der Waals surface area contributed by atoms with Gasteiger partial charge < -0.3 is 15.1 Å². The van der Waals surface area contributed by atoms with E-state index in [0.29, 0.717) is 19.6 Å². The molecule has 2 saturated heterocycles. The third-order valence-electron chi connectivity index (χ3n) is 3.93. The van der Waals surface area contributed by atoms with Crippen molar-refractivity contribution in [3.63, 3.8) is 0 Å². The van der Waals surface area contributed by atoms with Gasteiger partial charge in [0, 0.05) is 6.54 Å². The van der Waals surface area contributed by atoms with Crippen LogP contribution in [0.5, 0.6) is 0 Å². The van der Waals surface area contributed by atoms with Crippen LogP contribution in [0.4, 0.5) is 4.79 Å². The molecule has 1 aromatic rings. The molecule has 2 fully saturated rings. The van der Waals surface area contributed by atoms with Crippen molar-refractivity contribution in [2.24, 2.45) is 0 Å². The smallest absolute Gasteiger partial charge is 0.344 e. The molecule has 108 valence electrons. The second kappa shape index (κ2) is 5.40. The Bertz CT molecular complexity index is 479. The summed E-state index contributed by atoms with van der Waals surface area (Å²) in [6.07, 6.45) is -0.188. The third kappa shape index (κ3) is 2.37. The highest BCUT2D eigenvalue weighted by Crippen LogP contribution is 2.31. The van der Waals surface area contributed by atoms with Gasteiger partial charge in [0.25, 0.3) is 0 Å². The SMILES string of the molecule is O=C1N(OCc2ccccc2)C2CC[C@@H](C(O)O)N1C2. The van der Waals surface area contributed by atoms with E-state index >= 15 is 0 Å². The zero-order valence-electron chi connectivity index (χ0n) is 11.1. The molecular formula is C14H18N2O4. The Morgan fingerprint density at radius 2 is 2.00 bits per heavy atom. The molecule has 20 heavy (non-hydrogen) atoms. The topological polar surface area (TPSA) is 73.2 Å². The van der Waals surface area contributed by atoms with Crippen LogP contribution in [-0.4, -0.2) is 51.1 Å². The van der Waals surface area contributed by atoms with Crippen LogP contribution in [0.25, 0.3) is 0 Å². The Morgan fingerprint density at radius 1 is 1.25 bits per heavy atom. The fourth-order valence-electron chi connectivity index (χ4n) is 2.86. The van der Waals surface area contributed by atoms with Crippen molar-refractivity contribution in [3.8, 4) is 0 Å². The Balaban J connectivity index is 1.65. The lowest BCUT2D eigenvalue weighted by Crippen LogP contribution is -2.47. The molecule has 2 bridgehead atoms. The van der Waals surface area contributed by atoms with Crippen molar-refractivity contribution in [3.05, 3.63) is 35.9 Å². The maximum absolute atomic E-state index is 12.2. The van der Waals surface area contributed by atoms with Crippen LogP contribution in [0.3, 0.4) is 0 Å². The van der Waals surface area contributed by atoms with Gasteiger partial charge in [0.1, 0.15) is 6.61 Å². The molecule has 2 aliphatic rings. The number of hydrogen-bond donors (Lipinski definition) is 2. The fourth-order valence-corrected chi connectivity index (χ4v) is 2.86. The first-order chi connectivity index (χ1) is 9.66. The van der Waals surface area contributed by atoms with Crippen molar-refractivity contribution < 1.29 is 19.8 Å². The molecule has 0 aromatic heterocycles. The number of urea groups is 1. The van der Waals surface area contributed by atoms with Gasteiger partial charge in [-0.2, -0.15) is 5.06 Å². The van der Waals surface area contributed by atoms with Crippen LogP contribution in [-0.2, 0) is 11.4 Å². The molecule has 2 N–H and O–H groups in total. The number of nitrogens with zero attached hydrogens (tertiary/aromatic N) is 2. The summed E-state index contributed by atoms with van der Waals surface area (Å²) in [4.78, 5) is 19.3. The summed E-state index contributed by atoms with van der Waals surface area (Å²) in [6, 6.07) is 8.85. The van der Waals surface area contributed by atoms with Crippen LogP contribution in [0.1, 0.15) is 18.4 Å². The van der Waals surface area contributed by atoms with E-state index in [1.165, 1.54) is 9.96 Å². The van der Waals surface area contributed by atoms with Crippen molar-refractivity contribution in [2.75, 3.05) is 6.54 Å². The highest BCUT2D eigenvalue weighted by molar-refractivity contribution is 5.77. The first kappa shape index (κ1) is 13.4. The van der Waals surface area contributed by atoms with Crippen LogP contribution in [0.15, 0.2) is 30.3 Å². The summed E-state index contributed by atoms with van der Waals surface area (Å²) >= 11 is 0. The largest absolute Gasteiger partial charge is 0.366 e. The Kier molecular flexibility index (Phi) is 3.60. The Hall–Kier alpha value is -1.63. The number of benzene rings is 1. The van der Waals surface area contributed by atoms with Gasteiger partial charge in [0.15, 0.2) is 6.29 Å². The predicted molar refractivity (Wildman–Crippen MR) is 70.2 cm³/mol. The second-order valence-corrected chi connectivity index (χ2v) is 5.23. The van der Waals surface area contributed by atoms with Gasteiger partial charge in [-0.3, -0.25) is 4.84 Å². The maximum Gasteiger partial charge on any atom is 0.344 e. The molecule has 0 saturated carbocycles. The summed E-state index contributed by atoms with van der Waals surface area (Å²) in [7, 11) is 0. The number of carbonyl (C=O) groups excluding carboxylic acids is 1. The van der Waals surface area contributed by atoms with E-state index in [-0.39, 0.29) is 12.1 Å². The van der Waals surface area contributed by atoms with Crippen LogP contribution < -0.4 is 0 Å². The standard InChI is InChI=1S/C14H18N2O4/c17-13(18)12-7-6-11-8-15(12)14(19)16(11)20-9-10-4-2-1-3-5-10/h1-5,11-13,17-18H,6-9H2/t11?,12-/m0/s1. The van der Waals surface area contributed by atoms with Gasteiger partial charge in [-0.15, -0.1) is 0 Å². The fraction of sp³-hybridized carbons (Fsp3) is 0.500. The molecule has 1 unspecified atom stereocenters. The maximum atomic E-state index is 12.2. The van der Waals surface area contributed by atoms with Gasteiger partial charge in [-0.1, -0.05) is 30.3 Å². The van der Waals surface area contributed by atoms with E-state index in [1.54, 1.807) is 0 Å². The van der Waals surface area contributed by atoms with E-state index in [1.807, 2.05) is 30.3 Å². The van der Waals surface area contributed by atoms with Crippen molar-refractivity contribution >= 4 is 6.03 Å². The summed E-state index contributed by atoms with van der Waals surface area (Å²) in [5, 5.41) is 20.0. The molecule has 0 radical (unpaired) electrons. The monoisotopic (exact) mass is 278 g/mol. The van der Waals surface area contributed by atoms with Gasteiger partial charge in [0.2, 0.25) is 0 Å². The van der Waals surface area contributed by atoms with Crippen molar-refractivity contribution in [1.82, 2.24) is 9.96 Å². The Morgan fingerprint density at radius 3 is 2.70 bits per heavy atom. The van der Waals surface area contributed by atoms with E-state index < -0.39 is 12.3 Å². The first-order valence-corrected chi connectivity index (χ1v) is 6.79. The van der Waals surface area contributed by atoms with E-state index in [0.717, 1.165) is 12.0 Å². The average Bonchev–Trinajstić information content (AvgIpc) is 2.70. The highest BCUT2D eigenvalue weighted by Gasteiger charge is 2.47. The molecule has 6 heteroatoms. The lowest BCUT2D eigenvalue weighted by Gasteiger charge is -2.31. The molecule has 2 atom stereocenters. The number of rotatable bonds is 4. The number of aliphatic hydroxyl groups excluding tert-OH is 1. The van der Waals surface area contributed by atoms with Crippen LogP contribution in [0.2, 0.25) is 0 Å². The molecule has 1 aromatic carbocycles. The number of hydroxylamine groups is 2. The molecule has 0 aliphatic carbocycles. The quantitative estimate of drug-likeness (QED) is 0.795. The van der Waals surface area contributed by atoms with Gasteiger partial charge in [-0.25, -0.2) is 4.79 Å². The lowest BCUT2D eigenvalue weighted by molar-refractivity contribution is -0.140. The van der Waals surface area contributed by atoms with Gasteiger partial charge in [0.05, 0.1) is 12.1 Å². The number of piperidine rings is 1. The minimum atomic E-state index is -1.49. The predicted octanol–water partition coefficient (Wildman–Crippen LogP) is 0.697. The zero-order chi connectivity index (χ0) is 14.1. The molecule has 2 amide bonds. The minimum absolute atomic E-state index is 0.00112. The summed E-state index contributed by atoms with van der Waals surface area (Å²) < 4.78 is 0. The minimum Gasteiger partial charge on any atom is -0.366 e. The van der Waals surface area contributed by atoms with Crippen molar-refractivity contribution in [2.45, 2.75) is 37.8 Å². The number of fused-ring (bicyclic) bond motifs is 2. The zero-order valence-corrected chi connectivity index (χ0v) is 11.1. The highest BCUT2D eigenvalue weighted by atomic mass is 16.7. The number of carbonyl (C=O) groups is 1. The Labute approximate surface area is 117 Å². The molecule has 2 aliphatic heterocycles. The molecular weight excluding hydrogens is 260 g/mol. The van der Waals surface area contributed by atoms with Gasteiger partial charge >= 0.3 is 6.03 Å². The molecule has 6 nitrogen and oxygen atoms in total. The summed E-state index contributed by atoms with van der Waals surface area (Å²) in [5.41, 5.74) is 0.996. The van der Waals surface area contributed by atoms with E-state index in [2.05, 4.69) is 0 Å². The van der Waals surface area contributed by atoms with Crippen molar-refractivity contribution in [1.29, 1.82) is 0 Å². The summed E-state index contributed by atoms with van der Waals surface area (Å²) in [6.45, 7) is 0.833. The average molecular weight is 278 g/mol. The number of hydrogen-bond acceptors (Lipinski definition) is 4. The number of aliphatic hydroxyl groups is 2. The lowest BCUT2D eigenvalue weighted by atomic mass is 10.0. The normalized spacial score (nSPS) is 25.6. The number of amides is 2. The van der Waals surface area contributed by atoms with E-state index in [4.69, 9.17) is 4.84 Å². The van der Waals surface area contributed by atoms with Crippen LogP contribution in [0, 0.1) is 0 Å². The van der Waals surface area contributed by atoms with Gasteiger partial charge in [-0.05, 0) is 18.4 Å².